The average Bonchev–Trinajstić information content (AvgIpc) is 2.94. The lowest BCUT2D eigenvalue weighted by Crippen LogP contribution is -2.29. The summed E-state index contributed by atoms with van der Waals surface area (Å²) in [5.41, 5.74) is 0. The molecule has 218 valence electrons. The quantitative estimate of drug-likeness (QED) is 0.0977. The normalized spacial score (nSPS) is 12.5. The summed E-state index contributed by atoms with van der Waals surface area (Å²) in [5, 5.41) is 0. The van der Waals surface area contributed by atoms with Crippen molar-refractivity contribution in [2.45, 2.75) is 142 Å². The SMILES string of the molecule is CCCCCCCCCCC(Oc1ccc(OC(CCCCCCCCCC)C(=O)OC)cc1)C(=O)OC. The highest BCUT2D eigenvalue weighted by atomic mass is 16.6. The van der Waals surface area contributed by atoms with Crippen molar-refractivity contribution in [2.24, 2.45) is 0 Å². The number of benzene rings is 1. The van der Waals surface area contributed by atoms with Crippen molar-refractivity contribution in [3.05, 3.63) is 24.3 Å². The van der Waals surface area contributed by atoms with E-state index in [9.17, 15) is 9.59 Å². The van der Waals surface area contributed by atoms with E-state index >= 15 is 0 Å². The number of rotatable bonds is 24. The second kappa shape index (κ2) is 22.7. The van der Waals surface area contributed by atoms with E-state index in [-0.39, 0.29) is 11.9 Å². The first kappa shape index (κ1) is 33.8. The predicted octanol–water partition coefficient (Wildman–Crippen LogP) is 8.59. The maximum Gasteiger partial charge on any atom is 0.347 e. The smallest absolute Gasteiger partial charge is 0.347 e. The van der Waals surface area contributed by atoms with E-state index in [0.29, 0.717) is 24.3 Å². The number of unbranched alkanes of at least 4 members (excludes halogenated alkanes) is 14. The van der Waals surface area contributed by atoms with Crippen molar-refractivity contribution < 1.29 is 28.5 Å². The van der Waals surface area contributed by atoms with Gasteiger partial charge < -0.3 is 18.9 Å². The topological polar surface area (TPSA) is 71.1 Å². The molecule has 0 bridgehead atoms. The number of esters is 2. The maximum atomic E-state index is 12.3. The zero-order valence-corrected chi connectivity index (χ0v) is 24.6. The number of methoxy groups -OCH3 is 2. The van der Waals surface area contributed by atoms with E-state index in [1.165, 1.54) is 91.3 Å². The molecule has 0 N–H and O–H groups in total. The third-order valence-electron chi connectivity index (χ3n) is 6.95. The first-order valence-corrected chi connectivity index (χ1v) is 15.1. The molecule has 1 aromatic carbocycles. The molecule has 1 rings (SSSR count). The van der Waals surface area contributed by atoms with Crippen molar-refractivity contribution in [1.82, 2.24) is 0 Å². The van der Waals surface area contributed by atoms with Gasteiger partial charge in [-0.05, 0) is 49.9 Å². The van der Waals surface area contributed by atoms with Crippen molar-refractivity contribution in [1.29, 1.82) is 0 Å². The van der Waals surface area contributed by atoms with Gasteiger partial charge in [-0.25, -0.2) is 9.59 Å². The lowest BCUT2D eigenvalue weighted by molar-refractivity contribution is -0.150. The van der Waals surface area contributed by atoms with E-state index in [1.807, 2.05) is 0 Å². The van der Waals surface area contributed by atoms with Gasteiger partial charge >= 0.3 is 11.9 Å². The van der Waals surface area contributed by atoms with Crippen LogP contribution in [0.25, 0.3) is 0 Å². The van der Waals surface area contributed by atoms with Crippen LogP contribution in [0.5, 0.6) is 11.5 Å². The Hall–Kier alpha value is -2.24. The summed E-state index contributed by atoms with van der Waals surface area (Å²) >= 11 is 0. The molecular weight excluding hydrogens is 480 g/mol. The van der Waals surface area contributed by atoms with Gasteiger partial charge in [-0.3, -0.25) is 0 Å². The Bertz CT molecular complexity index is 656. The van der Waals surface area contributed by atoms with Crippen molar-refractivity contribution in [3.8, 4) is 11.5 Å². The van der Waals surface area contributed by atoms with Crippen LogP contribution in [0, 0.1) is 0 Å². The largest absolute Gasteiger partial charge is 0.479 e. The highest BCUT2D eigenvalue weighted by molar-refractivity contribution is 5.75. The zero-order chi connectivity index (χ0) is 27.8. The highest BCUT2D eigenvalue weighted by Crippen LogP contribution is 2.23. The summed E-state index contributed by atoms with van der Waals surface area (Å²) in [7, 11) is 2.78. The molecular formula is C32H54O6. The van der Waals surface area contributed by atoms with E-state index in [0.717, 1.165) is 25.7 Å². The van der Waals surface area contributed by atoms with Crippen LogP contribution in [0.3, 0.4) is 0 Å². The summed E-state index contributed by atoms with van der Waals surface area (Å²) < 4.78 is 21.8. The molecule has 0 aliphatic rings. The van der Waals surface area contributed by atoms with Gasteiger partial charge in [0.05, 0.1) is 14.2 Å². The summed E-state index contributed by atoms with van der Waals surface area (Å²) in [4.78, 5) is 24.5. The summed E-state index contributed by atoms with van der Waals surface area (Å²) in [6.07, 6.45) is 19.2. The molecule has 0 saturated heterocycles. The Morgan fingerprint density at radius 2 is 0.816 bits per heavy atom. The molecule has 0 fully saturated rings. The van der Waals surface area contributed by atoms with Crippen molar-refractivity contribution >= 4 is 11.9 Å². The number of hydrogen-bond donors (Lipinski definition) is 0. The zero-order valence-electron chi connectivity index (χ0n) is 24.6. The predicted molar refractivity (Wildman–Crippen MR) is 154 cm³/mol. The summed E-state index contributed by atoms with van der Waals surface area (Å²) in [6, 6.07) is 7.07. The van der Waals surface area contributed by atoms with E-state index < -0.39 is 12.2 Å². The van der Waals surface area contributed by atoms with Crippen LogP contribution < -0.4 is 9.47 Å². The number of carbonyl (C=O) groups is 2. The van der Waals surface area contributed by atoms with Crippen LogP contribution >= 0.6 is 0 Å². The summed E-state index contributed by atoms with van der Waals surface area (Å²) in [5.74, 6) is 0.434. The Labute approximate surface area is 232 Å². The molecule has 0 aromatic heterocycles. The molecule has 0 radical (unpaired) electrons. The molecule has 1 aromatic rings. The van der Waals surface area contributed by atoms with Crippen LogP contribution in [0.1, 0.15) is 129 Å². The van der Waals surface area contributed by atoms with Gasteiger partial charge in [0.2, 0.25) is 0 Å². The third kappa shape index (κ3) is 15.9. The van der Waals surface area contributed by atoms with Crippen LogP contribution in [0.4, 0.5) is 0 Å². The van der Waals surface area contributed by atoms with Crippen LogP contribution in [-0.4, -0.2) is 38.4 Å². The molecule has 6 nitrogen and oxygen atoms in total. The molecule has 0 spiro atoms. The summed E-state index contributed by atoms with van der Waals surface area (Å²) in [6.45, 7) is 4.45. The monoisotopic (exact) mass is 534 g/mol. The Kier molecular flexibility index (Phi) is 20.2. The van der Waals surface area contributed by atoms with E-state index in [4.69, 9.17) is 18.9 Å². The number of ether oxygens (including phenoxy) is 4. The molecule has 6 heteroatoms. The number of hydrogen-bond acceptors (Lipinski definition) is 6. The Morgan fingerprint density at radius 1 is 0.526 bits per heavy atom. The van der Waals surface area contributed by atoms with Gasteiger partial charge in [0.1, 0.15) is 11.5 Å². The highest BCUT2D eigenvalue weighted by Gasteiger charge is 2.22. The molecule has 38 heavy (non-hydrogen) atoms. The minimum Gasteiger partial charge on any atom is -0.479 e. The second-order valence-corrected chi connectivity index (χ2v) is 10.3. The van der Waals surface area contributed by atoms with Gasteiger partial charge in [-0.1, -0.05) is 104 Å². The minimum atomic E-state index is -0.628. The fourth-order valence-electron chi connectivity index (χ4n) is 4.57. The van der Waals surface area contributed by atoms with Crippen LogP contribution in [0.2, 0.25) is 0 Å². The molecule has 2 unspecified atom stereocenters. The van der Waals surface area contributed by atoms with Gasteiger partial charge in [-0.15, -0.1) is 0 Å². The van der Waals surface area contributed by atoms with Crippen molar-refractivity contribution in [3.63, 3.8) is 0 Å². The first-order valence-electron chi connectivity index (χ1n) is 15.1. The Balaban J connectivity index is 2.49. The fraction of sp³-hybridized carbons (Fsp3) is 0.750. The standard InChI is InChI=1S/C32H54O6/c1-5-7-9-11-13-15-17-19-21-29(31(33)35-3)37-27-23-25-28(26-24-27)38-30(32(34)36-4)22-20-18-16-14-12-10-8-6-2/h23-26,29-30H,5-22H2,1-4H3. The first-order chi connectivity index (χ1) is 18.5. The lowest BCUT2D eigenvalue weighted by Gasteiger charge is -2.19. The molecule has 2 atom stereocenters. The molecule has 0 amide bonds. The van der Waals surface area contributed by atoms with Gasteiger partial charge in [-0.2, -0.15) is 0 Å². The van der Waals surface area contributed by atoms with Crippen LogP contribution in [0.15, 0.2) is 24.3 Å². The van der Waals surface area contributed by atoms with Gasteiger partial charge in [0.25, 0.3) is 0 Å². The third-order valence-corrected chi connectivity index (χ3v) is 6.95. The molecule has 0 aliphatic heterocycles. The average molecular weight is 535 g/mol. The maximum absolute atomic E-state index is 12.3. The fourth-order valence-corrected chi connectivity index (χ4v) is 4.57. The van der Waals surface area contributed by atoms with Crippen molar-refractivity contribution in [2.75, 3.05) is 14.2 Å². The van der Waals surface area contributed by atoms with E-state index in [1.54, 1.807) is 24.3 Å². The lowest BCUT2D eigenvalue weighted by atomic mass is 10.1. The molecule has 0 aliphatic carbocycles. The molecule has 0 saturated carbocycles. The minimum absolute atomic E-state index is 0.357. The van der Waals surface area contributed by atoms with E-state index in [2.05, 4.69) is 13.8 Å². The van der Waals surface area contributed by atoms with Crippen LogP contribution in [-0.2, 0) is 19.1 Å². The van der Waals surface area contributed by atoms with Gasteiger partial charge in [0.15, 0.2) is 12.2 Å². The van der Waals surface area contributed by atoms with Gasteiger partial charge in [0, 0.05) is 0 Å². The number of carbonyl (C=O) groups excluding carboxylic acids is 2. The second-order valence-electron chi connectivity index (χ2n) is 10.3. The Morgan fingerprint density at radius 3 is 1.11 bits per heavy atom. The molecule has 0 heterocycles.